The van der Waals surface area contributed by atoms with Gasteiger partial charge >= 0.3 is 0 Å². The molecule has 4 atom stereocenters. The monoisotopic (exact) mass is 462 g/mol. The van der Waals surface area contributed by atoms with Crippen LogP contribution in [-0.4, -0.2) is 77.1 Å². The van der Waals surface area contributed by atoms with Gasteiger partial charge in [0.05, 0.1) is 6.61 Å². The Labute approximate surface area is 199 Å². The van der Waals surface area contributed by atoms with E-state index in [1.54, 1.807) is 25.1 Å². The van der Waals surface area contributed by atoms with Gasteiger partial charge in [-0.15, -0.1) is 0 Å². The first kappa shape index (κ1) is 22.7. The smallest absolute Gasteiger partial charge is 0.254 e. The summed E-state index contributed by atoms with van der Waals surface area (Å²) in [5.74, 6) is 7.15. The Bertz CT molecular complexity index is 1100. The zero-order chi connectivity index (χ0) is 23.7. The van der Waals surface area contributed by atoms with Gasteiger partial charge in [0.2, 0.25) is 6.79 Å². The van der Waals surface area contributed by atoms with Gasteiger partial charge in [-0.3, -0.25) is 9.69 Å². The number of amides is 1. The molecule has 7 nitrogen and oxygen atoms in total. The number of carbonyl (C=O) groups is 1. The standard InChI is InChI=1S/C27H30N2O5/c1-18(31)4-5-19-6-8-20(9-7-19)26-22-15-28(12-2-3-13-29(22)23(26)16-30)27(32)21-10-11-24-25(14-21)34-17-33-24/h6-11,14,18,22-23,26,30-31H,2-3,12-13,15-17H2,1H3/t18-,22+,23+,26-/m0/s1. The Morgan fingerprint density at radius 2 is 1.88 bits per heavy atom. The number of ether oxygens (including phenoxy) is 2. The van der Waals surface area contributed by atoms with E-state index in [-0.39, 0.29) is 37.3 Å². The Kier molecular flexibility index (Phi) is 6.46. The molecule has 2 N–H and O–H groups in total. The van der Waals surface area contributed by atoms with Crippen molar-refractivity contribution < 1.29 is 24.5 Å². The highest BCUT2D eigenvalue weighted by Crippen LogP contribution is 2.42. The predicted octanol–water partition coefficient (Wildman–Crippen LogP) is 2.21. The van der Waals surface area contributed by atoms with Crippen LogP contribution in [0.25, 0.3) is 0 Å². The molecule has 0 saturated carbocycles. The second-order valence-corrected chi connectivity index (χ2v) is 9.17. The maximum absolute atomic E-state index is 13.4. The topological polar surface area (TPSA) is 82.5 Å². The van der Waals surface area contributed by atoms with E-state index in [0.29, 0.717) is 30.2 Å². The van der Waals surface area contributed by atoms with E-state index in [0.717, 1.165) is 30.5 Å². The number of aliphatic hydroxyl groups excluding tert-OH is 2. The molecule has 0 unspecified atom stereocenters. The van der Waals surface area contributed by atoms with Crippen molar-refractivity contribution in [3.63, 3.8) is 0 Å². The molecule has 2 saturated heterocycles. The van der Waals surface area contributed by atoms with Gasteiger partial charge in [0.25, 0.3) is 5.91 Å². The van der Waals surface area contributed by atoms with Crippen molar-refractivity contribution in [1.82, 2.24) is 9.80 Å². The lowest BCUT2D eigenvalue weighted by atomic mass is 9.74. The van der Waals surface area contributed by atoms with E-state index in [2.05, 4.69) is 28.9 Å². The number of fused-ring (bicyclic) bond motifs is 2. The van der Waals surface area contributed by atoms with Crippen molar-refractivity contribution in [3.05, 3.63) is 59.2 Å². The van der Waals surface area contributed by atoms with Gasteiger partial charge in [-0.1, -0.05) is 24.0 Å². The van der Waals surface area contributed by atoms with Crippen molar-refractivity contribution >= 4 is 5.91 Å². The van der Waals surface area contributed by atoms with E-state index in [9.17, 15) is 15.0 Å². The molecular weight excluding hydrogens is 432 g/mol. The summed E-state index contributed by atoms with van der Waals surface area (Å²) in [4.78, 5) is 17.7. The second-order valence-electron chi connectivity index (χ2n) is 9.17. The van der Waals surface area contributed by atoms with E-state index in [1.807, 2.05) is 17.0 Å². The number of aliphatic hydroxyl groups is 2. The largest absolute Gasteiger partial charge is 0.454 e. The van der Waals surface area contributed by atoms with Crippen molar-refractivity contribution in [2.75, 3.05) is 33.0 Å². The number of carbonyl (C=O) groups excluding carboxylic acids is 1. The molecule has 0 spiro atoms. The third-order valence-corrected chi connectivity index (χ3v) is 7.00. The van der Waals surface area contributed by atoms with E-state index in [1.165, 1.54) is 0 Å². The molecule has 2 aromatic rings. The van der Waals surface area contributed by atoms with Crippen LogP contribution in [-0.2, 0) is 0 Å². The molecule has 1 amide bonds. The SMILES string of the molecule is C[C@H](O)C#Cc1ccc([C@@H]2[C@@H](CO)N3CCCCN(C(=O)c4ccc5c(c4)OCO5)C[C@H]23)cc1. The third-order valence-electron chi connectivity index (χ3n) is 7.00. The first-order valence-corrected chi connectivity index (χ1v) is 11.9. The maximum atomic E-state index is 13.4. The van der Waals surface area contributed by atoms with Gasteiger partial charge in [-0.05, 0) is 62.2 Å². The Morgan fingerprint density at radius 1 is 1.12 bits per heavy atom. The number of benzene rings is 2. The number of nitrogens with zero attached hydrogens (tertiary/aromatic N) is 2. The fraction of sp³-hybridized carbons (Fsp3) is 0.444. The van der Waals surface area contributed by atoms with Gasteiger partial charge in [-0.2, -0.15) is 0 Å². The molecule has 0 aromatic heterocycles. The molecule has 3 aliphatic heterocycles. The normalized spacial score (nSPS) is 24.7. The van der Waals surface area contributed by atoms with Crippen LogP contribution >= 0.6 is 0 Å². The first-order chi connectivity index (χ1) is 16.5. The highest BCUT2D eigenvalue weighted by Gasteiger charge is 2.49. The summed E-state index contributed by atoms with van der Waals surface area (Å²) in [6.07, 6.45) is 1.25. The molecular formula is C27H30N2O5. The lowest BCUT2D eigenvalue weighted by Gasteiger charge is -2.57. The fourth-order valence-electron chi connectivity index (χ4n) is 5.31. The molecule has 5 rings (SSSR count). The fourth-order valence-corrected chi connectivity index (χ4v) is 5.31. The van der Waals surface area contributed by atoms with Gasteiger partial charge in [0.15, 0.2) is 11.5 Å². The van der Waals surface area contributed by atoms with Crippen LogP contribution in [0.2, 0.25) is 0 Å². The van der Waals surface area contributed by atoms with Crippen molar-refractivity contribution in [1.29, 1.82) is 0 Å². The van der Waals surface area contributed by atoms with Gasteiger partial charge < -0.3 is 24.6 Å². The summed E-state index contributed by atoms with van der Waals surface area (Å²) in [5, 5.41) is 19.6. The molecule has 0 bridgehead atoms. The summed E-state index contributed by atoms with van der Waals surface area (Å²) in [5.41, 5.74) is 2.59. The second kappa shape index (κ2) is 9.67. The molecule has 178 valence electrons. The quantitative estimate of drug-likeness (QED) is 0.681. The summed E-state index contributed by atoms with van der Waals surface area (Å²) in [6, 6.07) is 13.6. The molecule has 3 heterocycles. The Balaban J connectivity index is 1.37. The van der Waals surface area contributed by atoms with Crippen molar-refractivity contribution in [2.45, 2.75) is 43.9 Å². The molecule has 0 radical (unpaired) electrons. The number of rotatable bonds is 3. The third kappa shape index (κ3) is 4.37. The predicted molar refractivity (Wildman–Crippen MR) is 127 cm³/mol. The average molecular weight is 463 g/mol. The minimum absolute atomic E-state index is 0.00454. The van der Waals surface area contributed by atoms with Crippen LogP contribution in [0.4, 0.5) is 0 Å². The molecule has 2 aromatic carbocycles. The van der Waals surface area contributed by atoms with Crippen LogP contribution in [0.1, 0.15) is 47.2 Å². The van der Waals surface area contributed by atoms with Crippen LogP contribution in [0.3, 0.4) is 0 Å². The zero-order valence-corrected chi connectivity index (χ0v) is 19.3. The van der Waals surface area contributed by atoms with E-state index >= 15 is 0 Å². The molecule has 34 heavy (non-hydrogen) atoms. The summed E-state index contributed by atoms with van der Waals surface area (Å²) < 4.78 is 10.8. The minimum atomic E-state index is -0.665. The van der Waals surface area contributed by atoms with Crippen LogP contribution in [0, 0.1) is 11.8 Å². The summed E-state index contributed by atoms with van der Waals surface area (Å²) in [6.45, 7) is 4.15. The number of hydrogen-bond acceptors (Lipinski definition) is 6. The van der Waals surface area contributed by atoms with Gasteiger partial charge in [0.1, 0.15) is 6.10 Å². The maximum Gasteiger partial charge on any atom is 0.254 e. The minimum Gasteiger partial charge on any atom is -0.454 e. The van der Waals surface area contributed by atoms with Gasteiger partial charge in [-0.25, -0.2) is 0 Å². The van der Waals surface area contributed by atoms with Crippen LogP contribution in [0.5, 0.6) is 11.5 Å². The van der Waals surface area contributed by atoms with E-state index in [4.69, 9.17) is 9.47 Å². The van der Waals surface area contributed by atoms with Crippen LogP contribution in [0.15, 0.2) is 42.5 Å². The average Bonchev–Trinajstić information content (AvgIpc) is 3.30. The molecule has 7 heteroatoms. The lowest BCUT2D eigenvalue weighted by Crippen LogP contribution is -2.67. The number of hydrogen-bond donors (Lipinski definition) is 2. The van der Waals surface area contributed by atoms with E-state index < -0.39 is 6.10 Å². The zero-order valence-electron chi connectivity index (χ0n) is 19.3. The summed E-state index contributed by atoms with van der Waals surface area (Å²) in [7, 11) is 0. The first-order valence-electron chi connectivity index (χ1n) is 11.9. The highest BCUT2D eigenvalue weighted by molar-refractivity contribution is 5.95. The molecule has 3 aliphatic rings. The Morgan fingerprint density at radius 3 is 2.65 bits per heavy atom. The van der Waals surface area contributed by atoms with Crippen LogP contribution < -0.4 is 9.47 Å². The van der Waals surface area contributed by atoms with Gasteiger partial charge in [0, 0.05) is 42.2 Å². The molecule has 2 fully saturated rings. The Hall–Kier alpha value is -3.05. The van der Waals surface area contributed by atoms with Crippen molar-refractivity contribution in [3.8, 4) is 23.3 Å². The van der Waals surface area contributed by atoms with Crippen molar-refractivity contribution in [2.24, 2.45) is 0 Å². The lowest BCUT2D eigenvalue weighted by molar-refractivity contribution is -0.0606. The summed E-state index contributed by atoms with van der Waals surface area (Å²) >= 11 is 0. The highest BCUT2D eigenvalue weighted by atomic mass is 16.7. The molecule has 0 aliphatic carbocycles.